The summed E-state index contributed by atoms with van der Waals surface area (Å²) in [6.45, 7) is 2.58. The molecule has 0 heterocycles. The molecule has 0 aliphatic carbocycles. The third-order valence-electron chi connectivity index (χ3n) is 2.88. The van der Waals surface area contributed by atoms with E-state index in [9.17, 15) is 4.79 Å². The van der Waals surface area contributed by atoms with Crippen LogP contribution in [0.15, 0.2) is 24.3 Å². The van der Waals surface area contributed by atoms with Crippen LogP contribution in [-0.2, 0) is 0 Å². The van der Waals surface area contributed by atoms with Crippen molar-refractivity contribution in [1.82, 2.24) is 5.32 Å². The Kier molecular flexibility index (Phi) is 9.00. The molecule has 5 heteroatoms. The molecule has 0 radical (unpaired) electrons. The van der Waals surface area contributed by atoms with Crippen molar-refractivity contribution in [3.63, 3.8) is 0 Å². The number of carbonyl (C=O) groups excluding carboxylic acids is 1. The van der Waals surface area contributed by atoms with Gasteiger partial charge in [-0.25, -0.2) is 0 Å². The fourth-order valence-corrected chi connectivity index (χ4v) is 1.79. The number of nitrogens with two attached hydrogens (primary N) is 1. The van der Waals surface area contributed by atoms with Crippen LogP contribution in [0.3, 0.4) is 0 Å². The Bertz CT molecular complexity index is 385. The predicted molar refractivity (Wildman–Crippen MR) is 80.1 cm³/mol. The van der Waals surface area contributed by atoms with Crippen LogP contribution < -0.4 is 15.8 Å². The highest BCUT2D eigenvalue weighted by Gasteiger charge is 2.15. The Balaban J connectivity index is 0.00000324. The molecule has 1 aromatic carbocycles. The highest BCUT2D eigenvalue weighted by molar-refractivity contribution is 5.97. The molecule has 4 nitrogen and oxygen atoms in total. The molecule has 0 saturated heterocycles. The molecule has 1 atom stereocenters. The quantitative estimate of drug-likeness (QED) is 0.809. The lowest BCUT2D eigenvalue weighted by molar-refractivity contribution is 0.0932. The minimum atomic E-state index is -0.126. The lowest BCUT2D eigenvalue weighted by atomic mass is 10.1. The number of methoxy groups -OCH3 is 1. The van der Waals surface area contributed by atoms with Crippen molar-refractivity contribution < 1.29 is 9.53 Å². The van der Waals surface area contributed by atoms with E-state index in [1.165, 1.54) is 0 Å². The second-order valence-electron chi connectivity index (χ2n) is 4.25. The molecule has 3 N–H and O–H groups in total. The Hall–Kier alpha value is -1.26. The Morgan fingerprint density at radius 3 is 2.68 bits per heavy atom. The first kappa shape index (κ1) is 17.7. The van der Waals surface area contributed by atoms with Crippen molar-refractivity contribution in [1.29, 1.82) is 0 Å². The number of nitrogens with one attached hydrogen (secondary N) is 1. The zero-order chi connectivity index (χ0) is 13.4. The predicted octanol–water partition coefficient (Wildman–Crippen LogP) is 2.36. The van der Waals surface area contributed by atoms with E-state index < -0.39 is 0 Å². The summed E-state index contributed by atoms with van der Waals surface area (Å²) in [5.74, 6) is 0.459. The van der Waals surface area contributed by atoms with E-state index in [0.717, 1.165) is 19.3 Å². The topological polar surface area (TPSA) is 64.3 Å². The van der Waals surface area contributed by atoms with Gasteiger partial charge in [0.1, 0.15) is 5.75 Å². The molecule has 1 aromatic rings. The van der Waals surface area contributed by atoms with E-state index in [-0.39, 0.29) is 24.4 Å². The Labute approximate surface area is 121 Å². The standard InChI is InChI=1S/C14H22N2O2.ClH/c1-3-4-7-11(10-15)16-14(17)12-8-5-6-9-13(12)18-2;/h5-6,8-9,11H,3-4,7,10,15H2,1-2H3,(H,16,17);1H. The molecule has 19 heavy (non-hydrogen) atoms. The monoisotopic (exact) mass is 286 g/mol. The minimum Gasteiger partial charge on any atom is -0.496 e. The minimum absolute atomic E-state index is 0. The van der Waals surface area contributed by atoms with Crippen molar-refractivity contribution >= 4 is 18.3 Å². The zero-order valence-electron chi connectivity index (χ0n) is 11.5. The maximum atomic E-state index is 12.1. The zero-order valence-corrected chi connectivity index (χ0v) is 12.3. The SMILES string of the molecule is CCCCC(CN)NC(=O)c1ccccc1OC.Cl. The van der Waals surface area contributed by atoms with Crippen LogP contribution in [0.4, 0.5) is 0 Å². The molecule has 0 aliphatic rings. The number of hydrogen-bond acceptors (Lipinski definition) is 3. The first-order valence-electron chi connectivity index (χ1n) is 6.36. The largest absolute Gasteiger partial charge is 0.496 e. The second-order valence-corrected chi connectivity index (χ2v) is 4.25. The lowest BCUT2D eigenvalue weighted by Gasteiger charge is -2.17. The molecular formula is C14H23ClN2O2. The number of benzene rings is 1. The van der Waals surface area contributed by atoms with E-state index in [0.29, 0.717) is 17.9 Å². The molecule has 0 spiro atoms. The van der Waals surface area contributed by atoms with Gasteiger partial charge in [0, 0.05) is 12.6 Å². The summed E-state index contributed by atoms with van der Waals surface area (Å²) in [6, 6.07) is 7.22. The van der Waals surface area contributed by atoms with Crippen molar-refractivity contribution in [2.45, 2.75) is 32.2 Å². The molecule has 0 fully saturated rings. The van der Waals surface area contributed by atoms with Gasteiger partial charge >= 0.3 is 0 Å². The van der Waals surface area contributed by atoms with E-state index >= 15 is 0 Å². The van der Waals surface area contributed by atoms with Crippen molar-refractivity contribution in [2.24, 2.45) is 5.73 Å². The van der Waals surface area contributed by atoms with Crippen molar-refractivity contribution in [2.75, 3.05) is 13.7 Å². The maximum absolute atomic E-state index is 12.1. The molecule has 1 unspecified atom stereocenters. The van der Waals surface area contributed by atoms with Gasteiger partial charge in [-0.2, -0.15) is 0 Å². The average molecular weight is 287 g/mol. The van der Waals surface area contributed by atoms with E-state index in [2.05, 4.69) is 12.2 Å². The van der Waals surface area contributed by atoms with Crippen LogP contribution in [-0.4, -0.2) is 25.6 Å². The Morgan fingerprint density at radius 2 is 2.11 bits per heavy atom. The van der Waals surface area contributed by atoms with Gasteiger partial charge in [0.2, 0.25) is 0 Å². The fraction of sp³-hybridized carbons (Fsp3) is 0.500. The number of carbonyl (C=O) groups is 1. The van der Waals surface area contributed by atoms with Gasteiger partial charge < -0.3 is 15.8 Å². The van der Waals surface area contributed by atoms with Gasteiger partial charge in [-0.15, -0.1) is 12.4 Å². The summed E-state index contributed by atoms with van der Waals surface area (Å²) in [4.78, 5) is 12.1. The summed E-state index contributed by atoms with van der Waals surface area (Å²) in [5.41, 5.74) is 6.22. The second kappa shape index (κ2) is 9.64. The fourth-order valence-electron chi connectivity index (χ4n) is 1.79. The molecule has 0 bridgehead atoms. The van der Waals surface area contributed by atoms with E-state index in [4.69, 9.17) is 10.5 Å². The first-order chi connectivity index (χ1) is 8.72. The van der Waals surface area contributed by atoms with Crippen LogP contribution >= 0.6 is 12.4 Å². The van der Waals surface area contributed by atoms with E-state index in [1.807, 2.05) is 12.1 Å². The third-order valence-corrected chi connectivity index (χ3v) is 2.88. The summed E-state index contributed by atoms with van der Waals surface area (Å²) in [7, 11) is 1.56. The highest BCUT2D eigenvalue weighted by Crippen LogP contribution is 2.17. The molecule has 0 aromatic heterocycles. The lowest BCUT2D eigenvalue weighted by Crippen LogP contribution is -2.40. The van der Waals surface area contributed by atoms with Gasteiger partial charge in [0.05, 0.1) is 12.7 Å². The number of unbranched alkanes of at least 4 members (excludes halogenated alkanes) is 1. The van der Waals surface area contributed by atoms with Crippen molar-refractivity contribution in [3.8, 4) is 5.75 Å². The van der Waals surface area contributed by atoms with Crippen molar-refractivity contribution in [3.05, 3.63) is 29.8 Å². The number of para-hydroxylation sites is 1. The number of ether oxygens (including phenoxy) is 1. The van der Waals surface area contributed by atoms with Gasteiger partial charge in [-0.3, -0.25) is 4.79 Å². The van der Waals surface area contributed by atoms with Crippen LogP contribution in [0.5, 0.6) is 5.75 Å². The van der Waals surface area contributed by atoms with Crippen LogP contribution in [0.2, 0.25) is 0 Å². The summed E-state index contributed by atoms with van der Waals surface area (Å²) in [5, 5.41) is 2.95. The summed E-state index contributed by atoms with van der Waals surface area (Å²) in [6.07, 6.45) is 3.07. The first-order valence-corrected chi connectivity index (χ1v) is 6.36. The number of rotatable bonds is 7. The smallest absolute Gasteiger partial charge is 0.255 e. The molecule has 0 aliphatic heterocycles. The van der Waals surface area contributed by atoms with Crippen LogP contribution in [0, 0.1) is 0 Å². The number of hydrogen-bond donors (Lipinski definition) is 2. The Morgan fingerprint density at radius 1 is 1.42 bits per heavy atom. The van der Waals surface area contributed by atoms with Crippen LogP contribution in [0.1, 0.15) is 36.5 Å². The van der Waals surface area contributed by atoms with E-state index in [1.54, 1.807) is 19.2 Å². The highest BCUT2D eigenvalue weighted by atomic mass is 35.5. The van der Waals surface area contributed by atoms with Crippen LogP contribution in [0.25, 0.3) is 0 Å². The molecule has 108 valence electrons. The average Bonchev–Trinajstić information content (AvgIpc) is 2.43. The maximum Gasteiger partial charge on any atom is 0.255 e. The van der Waals surface area contributed by atoms with Gasteiger partial charge in [-0.05, 0) is 18.6 Å². The third kappa shape index (κ3) is 5.49. The normalized spacial score (nSPS) is 11.3. The van der Waals surface area contributed by atoms with Gasteiger partial charge in [-0.1, -0.05) is 31.9 Å². The number of halogens is 1. The molecule has 1 amide bonds. The van der Waals surface area contributed by atoms with Gasteiger partial charge in [0.25, 0.3) is 5.91 Å². The molecular weight excluding hydrogens is 264 g/mol. The molecule has 0 saturated carbocycles. The summed E-state index contributed by atoms with van der Waals surface area (Å²) < 4.78 is 5.17. The number of amides is 1. The van der Waals surface area contributed by atoms with Gasteiger partial charge in [0.15, 0.2) is 0 Å². The summed E-state index contributed by atoms with van der Waals surface area (Å²) >= 11 is 0. The molecule has 1 rings (SSSR count).